The number of carbonyl (C=O) groups is 1. The molecule has 138 valence electrons. The number of amides is 1. The largest absolute Gasteiger partial charge is 0.495 e. The van der Waals surface area contributed by atoms with E-state index in [0.29, 0.717) is 22.2 Å². The Morgan fingerprint density at radius 1 is 0.963 bits per heavy atom. The summed E-state index contributed by atoms with van der Waals surface area (Å²) in [7, 11) is 1.54. The highest BCUT2D eigenvalue weighted by atomic mass is 35.5. The molecule has 2 N–H and O–H groups in total. The van der Waals surface area contributed by atoms with Crippen molar-refractivity contribution in [2.24, 2.45) is 0 Å². The first-order valence-corrected chi connectivity index (χ1v) is 8.72. The lowest BCUT2D eigenvalue weighted by molar-refractivity contribution is -0.114. The molecule has 0 aromatic heterocycles. The van der Waals surface area contributed by atoms with Crippen molar-refractivity contribution in [3.8, 4) is 17.2 Å². The minimum absolute atomic E-state index is 0.0822. The van der Waals surface area contributed by atoms with Crippen LogP contribution in [0.2, 0.25) is 5.02 Å². The Balaban J connectivity index is 1.61. The van der Waals surface area contributed by atoms with Crippen LogP contribution in [-0.4, -0.2) is 19.6 Å². The van der Waals surface area contributed by atoms with Gasteiger partial charge in [0.2, 0.25) is 5.91 Å². The molecule has 0 fully saturated rings. The Kier molecular flexibility index (Phi) is 6.18. The maximum Gasteiger partial charge on any atom is 0.243 e. The Morgan fingerprint density at radius 3 is 2.44 bits per heavy atom. The van der Waals surface area contributed by atoms with E-state index in [1.165, 1.54) is 0 Å². The molecule has 0 saturated carbocycles. The van der Waals surface area contributed by atoms with Crippen LogP contribution in [0.1, 0.15) is 0 Å². The minimum atomic E-state index is -0.203. The molecule has 0 spiro atoms. The van der Waals surface area contributed by atoms with Gasteiger partial charge in [-0.25, -0.2) is 0 Å². The molecule has 3 aromatic carbocycles. The fourth-order valence-corrected chi connectivity index (χ4v) is 2.70. The van der Waals surface area contributed by atoms with Crippen molar-refractivity contribution < 1.29 is 14.3 Å². The zero-order valence-corrected chi connectivity index (χ0v) is 15.5. The molecule has 6 heteroatoms. The molecule has 0 atom stereocenters. The first-order valence-electron chi connectivity index (χ1n) is 8.35. The standard InChI is InChI=1S/C21H19ClN2O3/c1-26-19-12-11-15(13-17(19)22)24-21(25)14-23-18-9-5-6-10-20(18)27-16-7-3-2-4-8-16/h2-13,23H,14H2,1H3,(H,24,25). The zero-order chi connectivity index (χ0) is 19.1. The molecule has 5 nitrogen and oxygen atoms in total. The number of ether oxygens (including phenoxy) is 2. The van der Waals surface area contributed by atoms with Gasteiger partial charge in [0.15, 0.2) is 5.75 Å². The first-order chi connectivity index (χ1) is 13.2. The zero-order valence-electron chi connectivity index (χ0n) is 14.7. The topological polar surface area (TPSA) is 59.6 Å². The normalized spacial score (nSPS) is 10.1. The number of rotatable bonds is 7. The second-order valence-corrected chi connectivity index (χ2v) is 6.07. The summed E-state index contributed by atoms with van der Waals surface area (Å²) in [5.74, 6) is 1.72. The summed E-state index contributed by atoms with van der Waals surface area (Å²) >= 11 is 6.08. The monoisotopic (exact) mass is 382 g/mol. The second-order valence-electron chi connectivity index (χ2n) is 5.66. The molecule has 0 heterocycles. The van der Waals surface area contributed by atoms with E-state index in [9.17, 15) is 4.79 Å². The van der Waals surface area contributed by atoms with Gasteiger partial charge in [-0.3, -0.25) is 4.79 Å². The Hall–Kier alpha value is -3.18. The van der Waals surface area contributed by atoms with E-state index in [1.807, 2.05) is 54.6 Å². The van der Waals surface area contributed by atoms with Crippen LogP contribution in [0.4, 0.5) is 11.4 Å². The third kappa shape index (κ3) is 5.15. The summed E-state index contributed by atoms with van der Waals surface area (Å²) in [5, 5.41) is 6.32. The Labute approximate surface area is 162 Å². The van der Waals surface area contributed by atoms with E-state index in [-0.39, 0.29) is 12.5 Å². The summed E-state index contributed by atoms with van der Waals surface area (Å²) in [5.41, 5.74) is 1.32. The van der Waals surface area contributed by atoms with Gasteiger partial charge >= 0.3 is 0 Å². The lowest BCUT2D eigenvalue weighted by atomic mass is 10.2. The molecular formula is C21H19ClN2O3. The van der Waals surface area contributed by atoms with Gasteiger partial charge in [-0.2, -0.15) is 0 Å². The fraction of sp³-hybridized carbons (Fsp3) is 0.0952. The molecule has 0 unspecified atom stereocenters. The molecular weight excluding hydrogens is 364 g/mol. The van der Waals surface area contributed by atoms with Gasteiger partial charge in [-0.15, -0.1) is 0 Å². The molecule has 0 radical (unpaired) electrons. The summed E-state index contributed by atoms with van der Waals surface area (Å²) in [6, 6.07) is 22.0. The van der Waals surface area contributed by atoms with Gasteiger partial charge < -0.3 is 20.1 Å². The van der Waals surface area contributed by atoms with E-state index in [1.54, 1.807) is 25.3 Å². The molecule has 3 aromatic rings. The number of halogens is 1. The molecule has 0 aliphatic heterocycles. The molecule has 0 bridgehead atoms. The van der Waals surface area contributed by atoms with Crippen molar-refractivity contribution in [1.82, 2.24) is 0 Å². The summed E-state index contributed by atoms with van der Waals surface area (Å²) in [4.78, 5) is 12.2. The van der Waals surface area contributed by atoms with Gasteiger partial charge in [0, 0.05) is 5.69 Å². The third-order valence-corrected chi connectivity index (χ3v) is 4.03. The van der Waals surface area contributed by atoms with Crippen LogP contribution >= 0.6 is 11.6 Å². The van der Waals surface area contributed by atoms with E-state index < -0.39 is 0 Å². The van der Waals surface area contributed by atoms with E-state index in [4.69, 9.17) is 21.1 Å². The van der Waals surface area contributed by atoms with Crippen LogP contribution in [0.25, 0.3) is 0 Å². The number of para-hydroxylation sites is 3. The lowest BCUT2D eigenvalue weighted by Gasteiger charge is -2.13. The number of benzene rings is 3. The molecule has 1 amide bonds. The maximum absolute atomic E-state index is 12.2. The highest BCUT2D eigenvalue weighted by molar-refractivity contribution is 6.32. The second kappa shape index (κ2) is 8.96. The third-order valence-electron chi connectivity index (χ3n) is 3.73. The summed E-state index contributed by atoms with van der Waals surface area (Å²) in [6.45, 7) is 0.0822. The minimum Gasteiger partial charge on any atom is -0.495 e. The number of carbonyl (C=O) groups excluding carboxylic acids is 1. The van der Waals surface area contributed by atoms with Crippen molar-refractivity contribution in [3.63, 3.8) is 0 Å². The first kappa shape index (κ1) is 18.6. The van der Waals surface area contributed by atoms with E-state index in [0.717, 1.165) is 11.4 Å². The van der Waals surface area contributed by atoms with Gasteiger partial charge in [0.25, 0.3) is 0 Å². The van der Waals surface area contributed by atoms with Crippen molar-refractivity contribution >= 4 is 28.9 Å². The molecule has 0 aliphatic carbocycles. The maximum atomic E-state index is 12.2. The van der Waals surface area contributed by atoms with Crippen molar-refractivity contribution in [2.75, 3.05) is 24.3 Å². The van der Waals surface area contributed by atoms with Crippen LogP contribution < -0.4 is 20.1 Å². The number of methoxy groups -OCH3 is 1. The smallest absolute Gasteiger partial charge is 0.243 e. The Morgan fingerprint density at radius 2 is 1.70 bits per heavy atom. The van der Waals surface area contributed by atoms with E-state index >= 15 is 0 Å². The number of hydrogen-bond donors (Lipinski definition) is 2. The quantitative estimate of drug-likeness (QED) is 0.590. The number of nitrogens with one attached hydrogen (secondary N) is 2. The predicted molar refractivity (Wildman–Crippen MR) is 108 cm³/mol. The predicted octanol–water partition coefficient (Wildman–Crippen LogP) is 5.19. The SMILES string of the molecule is COc1ccc(NC(=O)CNc2ccccc2Oc2ccccc2)cc1Cl. The van der Waals surface area contributed by atoms with Gasteiger partial charge in [-0.05, 0) is 42.5 Å². The van der Waals surface area contributed by atoms with Crippen LogP contribution in [0, 0.1) is 0 Å². The van der Waals surface area contributed by atoms with Crippen LogP contribution in [0.15, 0.2) is 72.8 Å². The highest BCUT2D eigenvalue weighted by Crippen LogP contribution is 2.29. The number of anilines is 2. The van der Waals surface area contributed by atoms with Crippen LogP contribution in [0.3, 0.4) is 0 Å². The molecule has 0 aliphatic rings. The molecule has 27 heavy (non-hydrogen) atoms. The summed E-state index contributed by atoms with van der Waals surface area (Å²) in [6.07, 6.45) is 0. The molecule has 3 rings (SSSR count). The fourth-order valence-electron chi connectivity index (χ4n) is 2.44. The van der Waals surface area contributed by atoms with Crippen LogP contribution in [0.5, 0.6) is 17.2 Å². The van der Waals surface area contributed by atoms with Gasteiger partial charge in [-0.1, -0.05) is 41.9 Å². The van der Waals surface area contributed by atoms with Crippen molar-refractivity contribution in [1.29, 1.82) is 0 Å². The Bertz CT molecular complexity index is 916. The number of hydrogen-bond acceptors (Lipinski definition) is 4. The molecule has 0 saturated heterocycles. The van der Waals surface area contributed by atoms with E-state index in [2.05, 4.69) is 10.6 Å². The highest BCUT2D eigenvalue weighted by Gasteiger charge is 2.08. The van der Waals surface area contributed by atoms with Crippen molar-refractivity contribution in [3.05, 3.63) is 77.8 Å². The average molecular weight is 383 g/mol. The van der Waals surface area contributed by atoms with Gasteiger partial charge in [0.05, 0.1) is 24.4 Å². The van der Waals surface area contributed by atoms with Crippen molar-refractivity contribution in [2.45, 2.75) is 0 Å². The van der Waals surface area contributed by atoms with Gasteiger partial charge in [0.1, 0.15) is 11.5 Å². The summed E-state index contributed by atoms with van der Waals surface area (Å²) < 4.78 is 11.0. The average Bonchev–Trinajstić information content (AvgIpc) is 2.68. The lowest BCUT2D eigenvalue weighted by Crippen LogP contribution is -2.21. The van der Waals surface area contributed by atoms with Crippen LogP contribution in [-0.2, 0) is 4.79 Å².